The van der Waals surface area contributed by atoms with Crippen molar-refractivity contribution in [2.75, 3.05) is 7.05 Å². The third-order valence-electron chi connectivity index (χ3n) is 3.54. The van der Waals surface area contributed by atoms with Crippen LogP contribution in [-0.4, -0.2) is 19.6 Å². The Morgan fingerprint density at radius 1 is 1.12 bits per heavy atom. The summed E-state index contributed by atoms with van der Waals surface area (Å²) in [4.78, 5) is 4.08. The Morgan fingerprint density at radius 3 is 2.52 bits per heavy atom. The molecule has 0 fully saturated rings. The van der Waals surface area contributed by atoms with Gasteiger partial charge in [-0.2, -0.15) is 8.78 Å². The van der Waals surface area contributed by atoms with E-state index in [0.717, 1.165) is 5.56 Å². The molecule has 0 aliphatic rings. The minimum Gasteiger partial charge on any atom is -0.434 e. The molecule has 0 saturated heterocycles. The predicted molar refractivity (Wildman–Crippen MR) is 91.2 cm³/mol. The van der Waals surface area contributed by atoms with Gasteiger partial charge in [0.1, 0.15) is 11.6 Å². The highest BCUT2D eigenvalue weighted by Crippen LogP contribution is 2.19. The summed E-state index contributed by atoms with van der Waals surface area (Å²) in [5.74, 6) is 0.366. The van der Waals surface area contributed by atoms with E-state index in [4.69, 9.17) is 0 Å². The number of guanidine groups is 1. The van der Waals surface area contributed by atoms with Crippen LogP contribution in [-0.2, 0) is 13.1 Å². The minimum atomic E-state index is -2.87. The lowest BCUT2D eigenvalue weighted by molar-refractivity contribution is -0.0504. The van der Waals surface area contributed by atoms with Crippen LogP contribution in [0.15, 0.2) is 47.5 Å². The quantitative estimate of drug-likeness (QED) is 0.617. The first-order valence-electron chi connectivity index (χ1n) is 7.72. The number of nitrogens with zero attached hydrogens (tertiary/aromatic N) is 1. The summed E-state index contributed by atoms with van der Waals surface area (Å²) in [5, 5.41) is 6.13. The van der Waals surface area contributed by atoms with Crippen molar-refractivity contribution in [3.8, 4) is 5.75 Å². The molecule has 0 bridgehead atoms. The number of alkyl halides is 2. The lowest BCUT2D eigenvalue weighted by Gasteiger charge is -2.14. The maximum atomic E-state index is 13.3. The Bertz CT molecular complexity index is 735. The molecule has 0 atom stereocenters. The Hall–Kier alpha value is -2.70. The van der Waals surface area contributed by atoms with Gasteiger partial charge in [-0.1, -0.05) is 30.3 Å². The number of rotatable bonds is 6. The summed E-state index contributed by atoms with van der Waals surface area (Å²) in [6, 6.07) is 11.4. The summed E-state index contributed by atoms with van der Waals surface area (Å²) in [6.45, 7) is -0.451. The zero-order chi connectivity index (χ0) is 18.2. The average molecular weight is 351 g/mol. The maximum absolute atomic E-state index is 13.3. The number of hydrogen-bond acceptors (Lipinski definition) is 2. The molecule has 0 spiro atoms. The molecule has 0 saturated carbocycles. The van der Waals surface area contributed by atoms with Crippen molar-refractivity contribution in [2.24, 2.45) is 4.99 Å². The number of hydrogen-bond donors (Lipinski definition) is 2. The van der Waals surface area contributed by atoms with Crippen LogP contribution < -0.4 is 15.4 Å². The second-order valence-electron chi connectivity index (χ2n) is 5.35. The molecule has 25 heavy (non-hydrogen) atoms. The van der Waals surface area contributed by atoms with E-state index in [1.807, 2.05) is 0 Å². The van der Waals surface area contributed by atoms with Gasteiger partial charge in [-0.05, 0) is 30.2 Å². The van der Waals surface area contributed by atoms with E-state index in [9.17, 15) is 13.2 Å². The van der Waals surface area contributed by atoms with Crippen molar-refractivity contribution in [3.63, 3.8) is 0 Å². The number of nitrogens with one attached hydrogen (secondary N) is 2. The molecule has 134 valence electrons. The standard InChI is InChI=1S/C18H20F3N3O/c1-12-9-13(7-8-15(12)19)10-23-18(22-2)24-11-14-5-3-4-6-16(14)25-17(20)21/h3-9,17H,10-11H2,1-2H3,(H2,22,23,24). The molecule has 7 heteroatoms. The third-order valence-corrected chi connectivity index (χ3v) is 3.54. The lowest BCUT2D eigenvalue weighted by Crippen LogP contribution is -2.36. The first-order chi connectivity index (χ1) is 12.0. The highest BCUT2D eigenvalue weighted by Gasteiger charge is 2.09. The Morgan fingerprint density at radius 2 is 1.84 bits per heavy atom. The van der Waals surface area contributed by atoms with E-state index in [-0.39, 0.29) is 18.1 Å². The second kappa shape index (κ2) is 8.96. The third kappa shape index (κ3) is 5.70. The van der Waals surface area contributed by atoms with E-state index in [1.54, 1.807) is 44.3 Å². The first kappa shape index (κ1) is 18.6. The second-order valence-corrected chi connectivity index (χ2v) is 5.35. The molecule has 0 radical (unpaired) electrons. The van der Waals surface area contributed by atoms with Gasteiger partial charge in [0.2, 0.25) is 0 Å². The molecular weight excluding hydrogens is 331 g/mol. The van der Waals surface area contributed by atoms with Gasteiger partial charge in [0.05, 0.1) is 0 Å². The summed E-state index contributed by atoms with van der Waals surface area (Å²) in [5.41, 5.74) is 2.06. The van der Waals surface area contributed by atoms with Crippen LogP contribution in [0.2, 0.25) is 0 Å². The molecule has 0 aliphatic carbocycles. The van der Waals surface area contributed by atoms with Crippen LogP contribution in [0, 0.1) is 12.7 Å². The summed E-state index contributed by atoms with van der Waals surface area (Å²) >= 11 is 0. The van der Waals surface area contributed by atoms with Crippen molar-refractivity contribution in [1.82, 2.24) is 10.6 Å². The van der Waals surface area contributed by atoms with Crippen LogP contribution in [0.4, 0.5) is 13.2 Å². The molecular formula is C18H20F3N3O. The van der Waals surface area contributed by atoms with Crippen LogP contribution in [0.3, 0.4) is 0 Å². The van der Waals surface area contributed by atoms with Gasteiger partial charge in [0, 0.05) is 25.7 Å². The number of halogens is 3. The molecule has 0 amide bonds. The van der Waals surface area contributed by atoms with Crippen molar-refractivity contribution in [1.29, 1.82) is 0 Å². The molecule has 4 nitrogen and oxygen atoms in total. The topological polar surface area (TPSA) is 45.7 Å². The number of aryl methyl sites for hydroxylation is 1. The minimum absolute atomic E-state index is 0.120. The fourth-order valence-corrected chi connectivity index (χ4v) is 2.26. The largest absolute Gasteiger partial charge is 0.434 e. The van der Waals surface area contributed by atoms with Gasteiger partial charge in [0.15, 0.2) is 5.96 Å². The number of para-hydroxylation sites is 1. The molecule has 2 aromatic carbocycles. The Balaban J connectivity index is 1.93. The molecule has 0 aliphatic heterocycles. The van der Waals surface area contributed by atoms with Gasteiger partial charge in [-0.15, -0.1) is 0 Å². The first-order valence-corrected chi connectivity index (χ1v) is 7.72. The molecule has 2 rings (SSSR count). The van der Waals surface area contributed by atoms with E-state index in [1.165, 1.54) is 12.1 Å². The van der Waals surface area contributed by atoms with Gasteiger partial charge in [0.25, 0.3) is 0 Å². The van der Waals surface area contributed by atoms with Crippen LogP contribution >= 0.6 is 0 Å². The number of benzene rings is 2. The molecule has 2 N–H and O–H groups in total. The predicted octanol–water partition coefficient (Wildman–Crippen LogP) is 3.60. The fraction of sp³-hybridized carbons (Fsp3) is 0.278. The van der Waals surface area contributed by atoms with Crippen LogP contribution in [0.1, 0.15) is 16.7 Å². The van der Waals surface area contributed by atoms with E-state index >= 15 is 0 Å². The highest BCUT2D eigenvalue weighted by molar-refractivity contribution is 5.79. The summed E-state index contributed by atoms with van der Waals surface area (Å²) < 4.78 is 42.6. The summed E-state index contributed by atoms with van der Waals surface area (Å²) in [7, 11) is 1.60. The van der Waals surface area contributed by atoms with Crippen molar-refractivity contribution < 1.29 is 17.9 Å². The van der Waals surface area contributed by atoms with Gasteiger partial charge < -0.3 is 15.4 Å². The van der Waals surface area contributed by atoms with E-state index < -0.39 is 6.61 Å². The molecule has 0 unspecified atom stereocenters. The Kier molecular flexibility index (Phi) is 6.68. The average Bonchev–Trinajstić information content (AvgIpc) is 2.59. The van der Waals surface area contributed by atoms with Gasteiger partial charge in [-0.3, -0.25) is 4.99 Å². The van der Waals surface area contributed by atoms with E-state index in [0.29, 0.717) is 23.6 Å². The normalized spacial score (nSPS) is 11.5. The van der Waals surface area contributed by atoms with Gasteiger partial charge >= 0.3 is 6.61 Å². The van der Waals surface area contributed by atoms with E-state index in [2.05, 4.69) is 20.4 Å². The van der Waals surface area contributed by atoms with Crippen LogP contribution in [0.25, 0.3) is 0 Å². The zero-order valence-corrected chi connectivity index (χ0v) is 14.0. The molecule has 0 aromatic heterocycles. The Labute approximate surface area is 144 Å². The summed E-state index contributed by atoms with van der Waals surface area (Å²) in [6.07, 6.45) is 0. The van der Waals surface area contributed by atoms with Crippen LogP contribution in [0.5, 0.6) is 5.75 Å². The zero-order valence-electron chi connectivity index (χ0n) is 14.0. The lowest BCUT2D eigenvalue weighted by atomic mass is 10.1. The fourth-order valence-electron chi connectivity index (χ4n) is 2.26. The maximum Gasteiger partial charge on any atom is 0.387 e. The highest BCUT2D eigenvalue weighted by atomic mass is 19.3. The smallest absolute Gasteiger partial charge is 0.387 e. The molecule has 2 aromatic rings. The molecule has 0 heterocycles. The van der Waals surface area contributed by atoms with Crippen molar-refractivity contribution in [2.45, 2.75) is 26.6 Å². The monoisotopic (exact) mass is 351 g/mol. The SMILES string of the molecule is CN=C(NCc1ccc(F)c(C)c1)NCc1ccccc1OC(F)F. The van der Waals surface area contributed by atoms with Crippen molar-refractivity contribution >= 4 is 5.96 Å². The number of aliphatic imine (C=N–C) groups is 1. The van der Waals surface area contributed by atoms with Gasteiger partial charge in [-0.25, -0.2) is 4.39 Å². The number of ether oxygens (including phenoxy) is 1. The van der Waals surface area contributed by atoms with Crippen molar-refractivity contribution in [3.05, 3.63) is 65.0 Å².